The number of carbonyl (C=O) groups excluding carboxylic acids is 1. The van der Waals surface area contributed by atoms with E-state index in [1.54, 1.807) is 14.2 Å². The van der Waals surface area contributed by atoms with E-state index in [-0.39, 0.29) is 6.03 Å². The van der Waals surface area contributed by atoms with E-state index >= 15 is 0 Å². The van der Waals surface area contributed by atoms with Gasteiger partial charge in [-0.05, 0) is 36.2 Å². The Balaban J connectivity index is 1.64. The molecule has 6 nitrogen and oxygen atoms in total. The van der Waals surface area contributed by atoms with Crippen LogP contribution in [0.3, 0.4) is 0 Å². The Bertz CT molecular complexity index is 662. The first-order valence-electron chi connectivity index (χ1n) is 8.13. The van der Waals surface area contributed by atoms with Crippen LogP contribution in [0.15, 0.2) is 48.5 Å². The van der Waals surface area contributed by atoms with E-state index in [0.29, 0.717) is 31.2 Å². The van der Waals surface area contributed by atoms with Gasteiger partial charge in [0.25, 0.3) is 0 Å². The number of carbonyl (C=O) groups is 1. The lowest BCUT2D eigenvalue weighted by atomic mass is 10.2. The summed E-state index contributed by atoms with van der Waals surface area (Å²) in [7, 11) is 3.17. The summed E-state index contributed by atoms with van der Waals surface area (Å²) >= 11 is 0. The van der Waals surface area contributed by atoms with E-state index in [1.165, 1.54) is 0 Å². The highest BCUT2D eigenvalue weighted by Gasteiger charge is 2.06. The molecule has 0 fully saturated rings. The number of methoxy groups -OCH3 is 2. The molecule has 0 radical (unpaired) electrons. The van der Waals surface area contributed by atoms with Crippen molar-refractivity contribution < 1.29 is 19.0 Å². The third kappa shape index (κ3) is 6.25. The fourth-order valence-electron chi connectivity index (χ4n) is 2.22. The molecule has 134 valence electrons. The minimum Gasteiger partial charge on any atom is -0.494 e. The van der Waals surface area contributed by atoms with Crippen molar-refractivity contribution in [2.45, 2.75) is 13.0 Å². The third-order valence-corrected chi connectivity index (χ3v) is 3.52. The van der Waals surface area contributed by atoms with E-state index in [1.807, 2.05) is 48.5 Å². The fourth-order valence-corrected chi connectivity index (χ4v) is 2.22. The first-order valence-corrected chi connectivity index (χ1v) is 8.13. The van der Waals surface area contributed by atoms with Crippen molar-refractivity contribution in [2.24, 2.45) is 0 Å². The molecule has 6 heteroatoms. The zero-order valence-electron chi connectivity index (χ0n) is 14.6. The molecule has 2 N–H and O–H groups in total. The summed E-state index contributed by atoms with van der Waals surface area (Å²) in [6.45, 7) is 1.51. The minimum atomic E-state index is -0.213. The van der Waals surface area contributed by atoms with Crippen LogP contribution in [-0.4, -0.2) is 33.4 Å². The van der Waals surface area contributed by atoms with Crippen LogP contribution in [0.5, 0.6) is 17.2 Å². The van der Waals surface area contributed by atoms with Crippen LogP contribution < -0.4 is 24.8 Å². The second-order valence-electron chi connectivity index (χ2n) is 5.31. The highest BCUT2D eigenvalue weighted by atomic mass is 16.5. The maximum Gasteiger partial charge on any atom is 0.315 e. The molecule has 0 bridgehead atoms. The van der Waals surface area contributed by atoms with Crippen LogP contribution in [0.4, 0.5) is 4.79 Å². The third-order valence-electron chi connectivity index (χ3n) is 3.52. The van der Waals surface area contributed by atoms with Crippen LogP contribution in [0.25, 0.3) is 0 Å². The molecule has 0 saturated carbocycles. The number of urea groups is 1. The van der Waals surface area contributed by atoms with E-state index in [2.05, 4.69) is 10.6 Å². The standard InChI is InChI=1S/C19H24N2O4/c1-23-17-10-9-15(13-18(17)24-2)14-21-19(22)20-11-6-12-25-16-7-4-3-5-8-16/h3-5,7-10,13H,6,11-12,14H2,1-2H3,(H2,20,21,22). The second kappa shape index (κ2) is 10.1. The van der Waals surface area contributed by atoms with Gasteiger partial charge in [0, 0.05) is 13.1 Å². The molecule has 0 atom stereocenters. The molecule has 0 aromatic heterocycles. The monoisotopic (exact) mass is 344 g/mol. The lowest BCUT2D eigenvalue weighted by molar-refractivity contribution is 0.238. The Morgan fingerprint density at radius 3 is 2.44 bits per heavy atom. The van der Waals surface area contributed by atoms with Crippen LogP contribution in [0.1, 0.15) is 12.0 Å². The normalized spacial score (nSPS) is 10.0. The van der Waals surface area contributed by atoms with Gasteiger partial charge in [-0.1, -0.05) is 24.3 Å². The largest absolute Gasteiger partial charge is 0.494 e. The number of hydrogen-bond donors (Lipinski definition) is 2. The summed E-state index contributed by atoms with van der Waals surface area (Å²) in [5, 5.41) is 5.61. The topological polar surface area (TPSA) is 68.8 Å². The van der Waals surface area contributed by atoms with Gasteiger partial charge in [0.15, 0.2) is 11.5 Å². The van der Waals surface area contributed by atoms with Crippen molar-refractivity contribution in [2.75, 3.05) is 27.4 Å². The van der Waals surface area contributed by atoms with Crippen LogP contribution in [0.2, 0.25) is 0 Å². The second-order valence-corrected chi connectivity index (χ2v) is 5.31. The number of ether oxygens (including phenoxy) is 3. The summed E-state index contributed by atoms with van der Waals surface area (Å²) in [6.07, 6.45) is 0.735. The van der Waals surface area contributed by atoms with Crippen molar-refractivity contribution >= 4 is 6.03 Å². The van der Waals surface area contributed by atoms with Gasteiger partial charge in [-0.2, -0.15) is 0 Å². The maximum absolute atomic E-state index is 11.8. The van der Waals surface area contributed by atoms with Crippen LogP contribution in [0, 0.1) is 0 Å². The summed E-state index contributed by atoms with van der Waals surface area (Å²) in [6, 6.07) is 14.9. The Hall–Kier alpha value is -2.89. The summed E-state index contributed by atoms with van der Waals surface area (Å²) < 4.78 is 16.0. The van der Waals surface area contributed by atoms with Gasteiger partial charge < -0.3 is 24.8 Å². The van der Waals surface area contributed by atoms with E-state index in [4.69, 9.17) is 14.2 Å². The molecule has 0 aliphatic heterocycles. The molecule has 0 aliphatic carbocycles. The highest BCUT2D eigenvalue weighted by molar-refractivity contribution is 5.73. The molecule has 0 spiro atoms. The van der Waals surface area contributed by atoms with Gasteiger partial charge >= 0.3 is 6.03 Å². The summed E-state index contributed by atoms with van der Waals surface area (Å²) in [5.74, 6) is 2.13. The molecular formula is C19H24N2O4. The predicted octanol–water partition coefficient (Wildman–Crippen LogP) is 2.97. The molecule has 2 aromatic rings. The van der Waals surface area contributed by atoms with E-state index < -0.39 is 0 Å². The molecule has 2 aromatic carbocycles. The van der Waals surface area contributed by atoms with Crippen molar-refractivity contribution in [1.82, 2.24) is 10.6 Å². The zero-order valence-corrected chi connectivity index (χ0v) is 14.6. The lowest BCUT2D eigenvalue weighted by Crippen LogP contribution is -2.36. The van der Waals surface area contributed by atoms with Gasteiger partial charge in [-0.15, -0.1) is 0 Å². The Kier molecular flexibility index (Phi) is 7.43. The Labute approximate surface area is 148 Å². The van der Waals surface area contributed by atoms with E-state index in [0.717, 1.165) is 17.7 Å². The summed E-state index contributed by atoms with van der Waals surface area (Å²) in [4.78, 5) is 11.8. The first kappa shape index (κ1) is 18.4. The molecule has 2 amide bonds. The number of amides is 2. The van der Waals surface area contributed by atoms with Crippen molar-refractivity contribution in [3.63, 3.8) is 0 Å². The first-order chi connectivity index (χ1) is 12.2. The fraction of sp³-hybridized carbons (Fsp3) is 0.316. The number of para-hydroxylation sites is 1. The number of benzene rings is 2. The zero-order chi connectivity index (χ0) is 17.9. The molecule has 2 rings (SSSR count). The SMILES string of the molecule is COc1ccc(CNC(=O)NCCCOc2ccccc2)cc1OC. The van der Waals surface area contributed by atoms with Crippen LogP contribution in [-0.2, 0) is 6.54 Å². The smallest absolute Gasteiger partial charge is 0.315 e. The number of rotatable bonds is 9. The maximum atomic E-state index is 11.8. The predicted molar refractivity (Wildman–Crippen MR) is 96.3 cm³/mol. The summed E-state index contributed by atoms with van der Waals surface area (Å²) in [5.41, 5.74) is 0.931. The van der Waals surface area contributed by atoms with Crippen molar-refractivity contribution in [3.05, 3.63) is 54.1 Å². The Morgan fingerprint density at radius 1 is 0.960 bits per heavy atom. The molecule has 0 saturated heterocycles. The quantitative estimate of drug-likeness (QED) is 0.686. The van der Waals surface area contributed by atoms with Gasteiger partial charge in [-0.3, -0.25) is 0 Å². The van der Waals surface area contributed by atoms with Crippen LogP contribution >= 0.6 is 0 Å². The lowest BCUT2D eigenvalue weighted by Gasteiger charge is -2.11. The average Bonchev–Trinajstić information content (AvgIpc) is 2.66. The molecule has 0 aliphatic rings. The van der Waals surface area contributed by atoms with Gasteiger partial charge in [0.2, 0.25) is 0 Å². The molecule has 0 unspecified atom stereocenters. The van der Waals surface area contributed by atoms with E-state index in [9.17, 15) is 4.79 Å². The van der Waals surface area contributed by atoms with Crippen molar-refractivity contribution in [3.8, 4) is 17.2 Å². The van der Waals surface area contributed by atoms with Gasteiger partial charge in [0.05, 0.1) is 20.8 Å². The molecule has 25 heavy (non-hydrogen) atoms. The van der Waals surface area contributed by atoms with Gasteiger partial charge in [0.1, 0.15) is 5.75 Å². The minimum absolute atomic E-state index is 0.213. The average molecular weight is 344 g/mol. The van der Waals surface area contributed by atoms with Crippen molar-refractivity contribution in [1.29, 1.82) is 0 Å². The highest BCUT2D eigenvalue weighted by Crippen LogP contribution is 2.27. The van der Waals surface area contributed by atoms with Gasteiger partial charge in [-0.25, -0.2) is 4.79 Å². The number of nitrogens with one attached hydrogen (secondary N) is 2. The Morgan fingerprint density at radius 2 is 1.72 bits per heavy atom. The number of hydrogen-bond acceptors (Lipinski definition) is 4. The molecular weight excluding hydrogens is 320 g/mol. The molecule has 0 heterocycles.